The van der Waals surface area contributed by atoms with Crippen molar-refractivity contribution >= 4 is 46.1 Å². The van der Waals surface area contributed by atoms with Crippen LogP contribution in [0.1, 0.15) is 24.0 Å². The van der Waals surface area contributed by atoms with Crippen molar-refractivity contribution in [2.45, 2.75) is 19.3 Å². The summed E-state index contributed by atoms with van der Waals surface area (Å²) in [6.45, 7) is 0. The number of ether oxygens (including phenoxy) is 2. The van der Waals surface area contributed by atoms with Gasteiger partial charge in [-0.15, -0.1) is 0 Å². The number of rotatable bonds is 8. The van der Waals surface area contributed by atoms with Crippen molar-refractivity contribution in [3.8, 4) is 0 Å². The largest absolute Gasteiger partial charge is 0.469 e. The molecule has 0 N–H and O–H groups in total. The number of methoxy groups -OCH3 is 2. The van der Waals surface area contributed by atoms with E-state index in [2.05, 4.69) is 9.47 Å². The highest BCUT2D eigenvalue weighted by molar-refractivity contribution is 6.64. The average molecular weight is 646 g/mol. The van der Waals surface area contributed by atoms with Gasteiger partial charge in [0.05, 0.1) is 14.2 Å². The lowest BCUT2D eigenvalue weighted by atomic mass is 10.1. The molecule has 7 nitrogen and oxygen atoms in total. The molecular weight excluding hydrogens is 618 g/mol. The van der Waals surface area contributed by atoms with E-state index in [1.54, 1.807) is 24.3 Å². The Morgan fingerprint density at radius 3 is 1.16 bits per heavy atom. The van der Waals surface area contributed by atoms with Crippen LogP contribution in [0.2, 0.25) is 0 Å². The van der Waals surface area contributed by atoms with Crippen molar-refractivity contribution in [1.82, 2.24) is 0 Å². The summed E-state index contributed by atoms with van der Waals surface area (Å²) < 4.78 is 59.9. The quantitative estimate of drug-likeness (QED) is 0.0882. The first kappa shape index (κ1) is 36.2. The molecule has 0 aliphatic carbocycles. The minimum Gasteiger partial charge on any atom is -0.469 e. The van der Waals surface area contributed by atoms with E-state index < -0.39 is 41.1 Å². The summed E-state index contributed by atoms with van der Waals surface area (Å²) in [6.07, 6.45) is -0.135. The van der Waals surface area contributed by atoms with E-state index in [1.807, 2.05) is 0 Å². The van der Waals surface area contributed by atoms with E-state index in [1.165, 1.54) is 91.9 Å². The van der Waals surface area contributed by atoms with Crippen LogP contribution in [0.25, 0.3) is 0 Å². The molecule has 0 atom stereocenters. The zero-order valence-corrected chi connectivity index (χ0v) is 24.9. The lowest BCUT2D eigenvalue weighted by Gasteiger charge is -2.22. The zero-order valence-electron chi connectivity index (χ0n) is 24.1. The van der Waals surface area contributed by atoms with Crippen molar-refractivity contribution in [1.29, 1.82) is 0 Å². The molecule has 1 amide bonds. The number of anilines is 2. The van der Waals surface area contributed by atoms with Gasteiger partial charge in [0.2, 0.25) is 11.1 Å². The van der Waals surface area contributed by atoms with Gasteiger partial charge in [0, 0.05) is 11.4 Å². The fourth-order valence-corrected chi connectivity index (χ4v) is 3.63. The molecule has 0 saturated carbocycles. The van der Waals surface area contributed by atoms with Crippen LogP contribution in [-0.2, 0) is 35.1 Å². The van der Waals surface area contributed by atoms with Crippen LogP contribution in [0, 0.1) is 23.3 Å². The van der Waals surface area contributed by atoms with E-state index >= 15 is 0 Å². The van der Waals surface area contributed by atoms with Gasteiger partial charge in [-0.25, -0.2) is 17.6 Å². The van der Waals surface area contributed by atoms with Gasteiger partial charge in [-0.05, 0) is 102 Å². The lowest BCUT2D eigenvalue weighted by Crippen LogP contribution is -2.28. The van der Waals surface area contributed by atoms with E-state index in [-0.39, 0.29) is 18.1 Å². The molecule has 0 heterocycles. The van der Waals surface area contributed by atoms with Crippen LogP contribution in [0.4, 0.5) is 28.9 Å². The summed E-state index contributed by atoms with van der Waals surface area (Å²) in [4.78, 5) is 44.8. The first-order valence-electron chi connectivity index (χ1n) is 13.1. The van der Waals surface area contributed by atoms with Crippen LogP contribution in [0.15, 0.2) is 97.1 Å². The monoisotopic (exact) mass is 645 g/mol. The first-order chi connectivity index (χ1) is 21.4. The summed E-state index contributed by atoms with van der Waals surface area (Å²) in [5, 5.41) is -0.697. The van der Waals surface area contributed by atoms with Crippen molar-refractivity contribution in [3.63, 3.8) is 0 Å². The Balaban J connectivity index is 0.000000264. The predicted molar refractivity (Wildman–Crippen MR) is 160 cm³/mol. The number of nitrogens with zero attached hydrogens (tertiary/aromatic N) is 1. The van der Waals surface area contributed by atoms with Crippen LogP contribution >= 0.6 is 11.6 Å². The van der Waals surface area contributed by atoms with Crippen LogP contribution < -0.4 is 4.90 Å². The third-order valence-corrected chi connectivity index (χ3v) is 5.82. The minimum atomic E-state index is -0.697. The number of carbonyl (C=O) groups is 4. The van der Waals surface area contributed by atoms with Gasteiger partial charge in [-0.2, -0.15) is 0 Å². The summed E-state index contributed by atoms with van der Waals surface area (Å²) in [5.41, 5.74) is 2.76. The Labute approximate surface area is 261 Å². The standard InChI is InChI=1S/C16H13F2NO3.C13H10F2.C4H5ClO3/c1-22-16(21)10-15(20)19(13-6-2-11(17)3-7-13)14-8-4-12(18)5-9-14;14-12-5-1-10(2-6-12)9-11-3-7-13(15)8-4-11;1-8-4(7)2-3(5)6/h2-9H,10H2,1H3;1-8H,9H2;2H2,1H3. The maximum atomic E-state index is 13.0. The Morgan fingerprint density at radius 2 is 0.867 bits per heavy atom. The molecule has 0 aliphatic rings. The molecular formula is C33H28ClF4NO6. The van der Waals surface area contributed by atoms with Gasteiger partial charge in [0.15, 0.2) is 0 Å². The lowest BCUT2D eigenvalue weighted by molar-refractivity contribution is -0.144. The topological polar surface area (TPSA) is 90.0 Å². The number of halogens is 5. The molecule has 0 bridgehead atoms. The molecule has 0 aliphatic heterocycles. The van der Waals surface area contributed by atoms with Gasteiger partial charge in [-0.1, -0.05) is 24.3 Å². The van der Waals surface area contributed by atoms with E-state index in [4.69, 9.17) is 11.6 Å². The highest BCUT2D eigenvalue weighted by Gasteiger charge is 2.21. The summed E-state index contributed by atoms with van der Waals surface area (Å²) in [6, 6.07) is 23.0. The Hall–Kier alpha value is -5.03. The smallest absolute Gasteiger partial charge is 0.315 e. The second kappa shape index (κ2) is 18.6. The van der Waals surface area contributed by atoms with E-state index in [0.717, 1.165) is 11.1 Å². The Kier molecular flexibility index (Phi) is 14.9. The number of esters is 2. The number of benzene rings is 4. The molecule has 0 unspecified atom stereocenters. The maximum Gasteiger partial charge on any atom is 0.315 e. The number of carbonyl (C=O) groups excluding carboxylic acids is 4. The van der Waals surface area contributed by atoms with Crippen LogP contribution in [-0.4, -0.2) is 37.3 Å². The Bertz CT molecular complexity index is 1460. The predicted octanol–water partition coefficient (Wildman–Crippen LogP) is 7.06. The van der Waals surface area contributed by atoms with Crippen LogP contribution in [0.5, 0.6) is 0 Å². The number of amides is 1. The molecule has 12 heteroatoms. The summed E-state index contributed by atoms with van der Waals surface area (Å²) in [7, 11) is 2.37. The van der Waals surface area contributed by atoms with Crippen molar-refractivity contribution in [2.24, 2.45) is 0 Å². The highest BCUT2D eigenvalue weighted by Crippen LogP contribution is 2.27. The van der Waals surface area contributed by atoms with Gasteiger partial charge >= 0.3 is 11.9 Å². The number of hydrogen-bond donors (Lipinski definition) is 0. The summed E-state index contributed by atoms with van der Waals surface area (Å²) >= 11 is 4.81. The molecule has 4 aromatic rings. The third kappa shape index (κ3) is 13.4. The molecule has 0 spiro atoms. The molecule has 45 heavy (non-hydrogen) atoms. The SMILES string of the molecule is COC(=O)CC(=O)Cl.COC(=O)CC(=O)N(c1ccc(F)cc1)c1ccc(F)cc1.Fc1ccc(Cc2ccc(F)cc2)cc1. The van der Waals surface area contributed by atoms with E-state index in [0.29, 0.717) is 17.8 Å². The zero-order chi connectivity index (χ0) is 33.4. The second-order valence-corrected chi connectivity index (χ2v) is 9.39. The van der Waals surface area contributed by atoms with Gasteiger partial charge < -0.3 is 9.47 Å². The number of hydrogen-bond acceptors (Lipinski definition) is 6. The molecule has 0 saturated heterocycles. The van der Waals surface area contributed by atoms with Crippen molar-refractivity contribution < 1.29 is 46.2 Å². The minimum absolute atomic E-state index is 0.238. The van der Waals surface area contributed by atoms with Gasteiger partial charge in [-0.3, -0.25) is 24.1 Å². The van der Waals surface area contributed by atoms with E-state index in [9.17, 15) is 36.7 Å². The first-order valence-corrected chi connectivity index (χ1v) is 13.4. The van der Waals surface area contributed by atoms with Crippen LogP contribution in [0.3, 0.4) is 0 Å². The molecule has 236 valence electrons. The normalized spacial score (nSPS) is 9.84. The molecule has 0 fully saturated rings. The second-order valence-electron chi connectivity index (χ2n) is 8.97. The van der Waals surface area contributed by atoms with Gasteiger partial charge in [0.25, 0.3) is 0 Å². The third-order valence-electron chi connectivity index (χ3n) is 5.69. The fraction of sp³-hybridized carbons (Fsp3) is 0.152. The fourth-order valence-electron chi connectivity index (χ4n) is 3.52. The molecule has 0 aromatic heterocycles. The Morgan fingerprint density at radius 1 is 0.556 bits per heavy atom. The maximum absolute atomic E-state index is 13.0. The highest BCUT2D eigenvalue weighted by atomic mass is 35.5. The molecule has 0 radical (unpaired) electrons. The average Bonchev–Trinajstić information content (AvgIpc) is 3.01. The molecule has 4 aromatic carbocycles. The van der Waals surface area contributed by atoms with Crippen molar-refractivity contribution in [2.75, 3.05) is 19.1 Å². The summed E-state index contributed by atoms with van der Waals surface area (Å²) in [5.74, 6) is -3.25. The van der Waals surface area contributed by atoms with Gasteiger partial charge in [0.1, 0.15) is 36.1 Å². The molecule has 4 rings (SSSR count). The van der Waals surface area contributed by atoms with Crippen molar-refractivity contribution in [3.05, 3.63) is 131 Å².